The zero-order valence-corrected chi connectivity index (χ0v) is 17.9. The van der Waals surface area contributed by atoms with Gasteiger partial charge in [-0.1, -0.05) is 17.7 Å². The molecule has 0 saturated carbocycles. The van der Waals surface area contributed by atoms with Crippen LogP contribution in [0.3, 0.4) is 0 Å². The molecule has 2 bridgehead atoms. The van der Waals surface area contributed by atoms with Crippen molar-refractivity contribution >= 4 is 23.4 Å². The number of methoxy groups -OCH3 is 1. The van der Waals surface area contributed by atoms with Crippen LogP contribution in [0.1, 0.15) is 47.4 Å². The Hall–Kier alpha value is -2.67. The second-order valence-electron chi connectivity index (χ2n) is 8.02. The summed E-state index contributed by atoms with van der Waals surface area (Å²) in [6.07, 6.45) is 6.86. The second kappa shape index (κ2) is 8.60. The van der Waals surface area contributed by atoms with Gasteiger partial charge in [0, 0.05) is 24.3 Å². The van der Waals surface area contributed by atoms with Gasteiger partial charge in [-0.15, -0.1) is 0 Å². The van der Waals surface area contributed by atoms with E-state index in [0.29, 0.717) is 22.9 Å². The number of carbonyl (C=O) groups excluding carboxylic acids is 2. The maximum absolute atomic E-state index is 13.0. The quantitative estimate of drug-likeness (QED) is 0.791. The zero-order chi connectivity index (χ0) is 21.3. The van der Waals surface area contributed by atoms with E-state index in [-0.39, 0.29) is 29.9 Å². The lowest BCUT2D eigenvalue weighted by Gasteiger charge is -2.39. The number of hydrogen-bond acceptors (Lipinski definition) is 5. The van der Waals surface area contributed by atoms with E-state index >= 15 is 0 Å². The lowest BCUT2D eigenvalue weighted by molar-refractivity contribution is -0.135. The lowest BCUT2D eigenvalue weighted by atomic mass is 9.96. The molecule has 30 heavy (non-hydrogen) atoms. The van der Waals surface area contributed by atoms with Gasteiger partial charge in [-0.25, -0.2) is 4.98 Å². The third-order valence-electron chi connectivity index (χ3n) is 5.94. The number of aryl methyl sites for hydroxylation is 1. The molecule has 2 aliphatic heterocycles. The Labute approximate surface area is 180 Å². The van der Waals surface area contributed by atoms with Crippen molar-refractivity contribution in [2.75, 3.05) is 7.11 Å². The number of carbonyl (C=O) groups is 2. The van der Waals surface area contributed by atoms with Gasteiger partial charge >= 0.3 is 0 Å². The van der Waals surface area contributed by atoms with Crippen molar-refractivity contribution in [2.45, 2.75) is 57.2 Å². The van der Waals surface area contributed by atoms with E-state index in [1.54, 1.807) is 25.4 Å². The number of halogens is 1. The summed E-state index contributed by atoms with van der Waals surface area (Å²) in [7, 11) is 1.57. The molecule has 2 saturated heterocycles. The van der Waals surface area contributed by atoms with Crippen LogP contribution >= 0.6 is 11.6 Å². The Morgan fingerprint density at radius 3 is 2.53 bits per heavy atom. The van der Waals surface area contributed by atoms with Crippen molar-refractivity contribution in [3.63, 3.8) is 0 Å². The van der Waals surface area contributed by atoms with Crippen molar-refractivity contribution < 1.29 is 14.3 Å². The summed E-state index contributed by atoms with van der Waals surface area (Å²) in [5.41, 5.74) is 1.97. The first kappa shape index (κ1) is 20.6. The highest BCUT2D eigenvalue weighted by atomic mass is 35.5. The van der Waals surface area contributed by atoms with Gasteiger partial charge in [-0.2, -0.15) is 0 Å². The summed E-state index contributed by atoms with van der Waals surface area (Å²) in [6, 6.07) is 5.79. The molecule has 8 heteroatoms. The van der Waals surface area contributed by atoms with Gasteiger partial charge in [0.05, 0.1) is 30.4 Å². The minimum atomic E-state index is -0.209. The van der Waals surface area contributed by atoms with Crippen LogP contribution < -0.4 is 10.1 Å². The van der Waals surface area contributed by atoms with E-state index in [1.165, 1.54) is 6.20 Å². The lowest BCUT2D eigenvalue weighted by Crippen LogP contribution is -2.52. The monoisotopic (exact) mass is 428 g/mol. The molecular formula is C22H25ClN4O3. The predicted molar refractivity (Wildman–Crippen MR) is 113 cm³/mol. The molecule has 0 spiro atoms. The molecule has 2 fully saturated rings. The maximum Gasteiger partial charge on any atom is 0.271 e. The summed E-state index contributed by atoms with van der Waals surface area (Å²) >= 11 is 6.20. The molecule has 1 unspecified atom stereocenters. The van der Waals surface area contributed by atoms with E-state index in [0.717, 1.165) is 36.9 Å². The molecule has 0 radical (unpaired) electrons. The van der Waals surface area contributed by atoms with Gasteiger partial charge in [0.2, 0.25) is 5.91 Å². The molecule has 7 nitrogen and oxygen atoms in total. The van der Waals surface area contributed by atoms with Crippen molar-refractivity contribution in [2.24, 2.45) is 0 Å². The Morgan fingerprint density at radius 2 is 1.93 bits per heavy atom. The highest BCUT2D eigenvalue weighted by molar-refractivity contribution is 6.32. The van der Waals surface area contributed by atoms with Crippen LogP contribution in [0, 0.1) is 6.92 Å². The average molecular weight is 429 g/mol. The summed E-state index contributed by atoms with van der Waals surface area (Å²) in [4.78, 5) is 35.8. The molecule has 158 valence electrons. The SMILES string of the molecule is COc1ccc(CC(=O)N2[C@@H]3CC[C@H]2CC(NC(=O)c2cnc(C)cn2)C3)cc1Cl. The topological polar surface area (TPSA) is 84.4 Å². The standard InChI is InChI=1S/C22H25ClN4O3/c1-13-11-25-19(12-24-13)22(29)26-15-9-16-4-5-17(10-15)27(16)21(28)8-14-3-6-20(30-2)18(23)7-14/h3,6-7,11-12,15-17H,4-5,8-10H2,1-2H3,(H,26,29)/t15?,16-,17+. The summed E-state index contributed by atoms with van der Waals surface area (Å²) in [5, 5.41) is 3.58. The van der Waals surface area contributed by atoms with Crippen LogP contribution in [0.15, 0.2) is 30.6 Å². The molecule has 2 amide bonds. The largest absolute Gasteiger partial charge is 0.495 e. The van der Waals surface area contributed by atoms with Crippen molar-refractivity contribution in [1.82, 2.24) is 20.2 Å². The zero-order valence-electron chi connectivity index (χ0n) is 17.1. The minimum absolute atomic E-state index is 0.0394. The fraction of sp³-hybridized carbons (Fsp3) is 0.455. The number of nitrogens with one attached hydrogen (secondary N) is 1. The third kappa shape index (κ3) is 4.26. The Bertz CT molecular complexity index is 936. The molecule has 0 aliphatic carbocycles. The molecule has 4 rings (SSSR count). The molecule has 2 aromatic rings. The predicted octanol–water partition coefficient (Wildman–Crippen LogP) is 2.94. The molecule has 1 aromatic carbocycles. The van der Waals surface area contributed by atoms with E-state index in [1.807, 2.05) is 17.9 Å². The van der Waals surface area contributed by atoms with E-state index < -0.39 is 0 Å². The first-order chi connectivity index (χ1) is 14.4. The molecule has 1 N–H and O–H groups in total. The number of benzene rings is 1. The molecule has 3 heterocycles. The average Bonchev–Trinajstić information content (AvgIpc) is 2.99. The number of ether oxygens (including phenoxy) is 1. The second-order valence-corrected chi connectivity index (χ2v) is 8.42. The van der Waals surface area contributed by atoms with Crippen LogP contribution in [0.5, 0.6) is 5.75 Å². The van der Waals surface area contributed by atoms with Gasteiger partial charge in [0.25, 0.3) is 5.91 Å². The van der Waals surface area contributed by atoms with Crippen LogP contribution in [0.4, 0.5) is 0 Å². The Kier molecular flexibility index (Phi) is 5.90. The van der Waals surface area contributed by atoms with Gasteiger partial charge in [0.15, 0.2) is 0 Å². The number of fused-ring (bicyclic) bond motifs is 2. The highest BCUT2D eigenvalue weighted by Gasteiger charge is 2.43. The van der Waals surface area contributed by atoms with Crippen molar-refractivity contribution in [1.29, 1.82) is 0 Å². The van der Waals surface area contributed by atoms with E-state index in [2.05, 4.69) is 15.3 Å². The number of rotatable bonds is 5. The van der Waals surface area contributed by atoms with Crippen LogP contribution in [-0.2, 0) is 11.2 Å². The number of nitrogens with zero attached hydrogens (tertiary/aromatic N) is 3. The Morgan fingerprint density at radius 1 is 1.20 bits per heavy atom. The summed E-state index contributed by atoms with van der Waals surface area (Å²) < 4.78 is 5.18. The molecular weight excluding hydrogens is 404 g/mol. The minimum Gasteiger partial charge on any atom is -0.495 e. The van der Waals surface area contributed by atoms with E-state index in [4.69, 9.17) is 16.3 Å². The molecule has 3 atom stereocenters. The Balaban J connectivity index is 1.37. The van der Waals surface area contributed by atoms with Crippen molar-refractivity contribution in [3.05, 3.63) is 52.6 Å². The fourth-order valence-corrected chi connectivity index (χ4v) is 4.84. The van der Waals surface area contributed by atoms with Crippen LogP contribution in [0.2, 0.25) is 5.02 Å². The first-order valence-corrected chi connectivity index (χ1v) is 10.6. The molecule has 1 aromatic heterocycles. The number of amides is 2. The van der Waals surface area contributed by atoms with Crippen molar-refractivity contribution in [3.8, 4) is 5.75 Å². The summed E-state index contributed by atoms with van der Waals surface area (Å²) in [6.45, 7) is 1.83. The third-order valence-corrected chi connectivity index (χ3v) is 6.24. The normalized spacial score (nSPS) is 22.6. The van der Waals surface area contributed by atoms with Crippen LogP contribution in [0.25, 0.3) is 0 Å². The molecule has 2 aliphatic rings. The first-order valence-electron chi connectivity index (χ1n) is 10.2. The van der Waals surface area contributed by atoms with Crippen LogP contribution in [-0.4, -0.2) is 51.9 Å². The smallest absolute Gasteiger partial charge is 0.271 e. The summed E-state index contributed by atoms with van der Waals surface area (Å²) in [5.74, 6) is 0.500. The maximum atomic E-state index is 13.0. The number of hydrogen-bond donors (Lipinski definition) is 1. The fourth-order valence-electron chi connectivity index (χ4n) is 4.56. The van der Waals surface area contributed by atoms with Gasteiger partial charge < -0.3 is 15.0 Å². The van der Waals surface area contributed by atoms with E-state index in [9.17, 15) is 9.59 Å². The number of piperidine rings is 1. The number of aromatic nitrogens is 2. The highest BCUT2D eigenvalue weighted by Crippen LogP contribution is 2.36. The van der Waals surface area contributed by atoms with Gasteiger partial charge in [-0.3, -0.25) is 14.6 Å². The van der Waals surface area contributed by atoms with Gasteiger partial charge in [0.1, 0.15) is 11.4 Å². The van der Waals surface area contributed by atoms with Gasteiger partial charge in [-0.05, 0) is 50.3 Å².